The van der Waals surface area contributed by atoms with Gasteiger partial charge in [0.05, 0.1) is 0 Å². The maximum atomic E-state index is 3.68. The molecule has 0 radical (unpaired) electrons. The number of nitrogens with zero attached hydrogens (tertiary/aromatic N) is 1. The van der Waals surface area contributed by atoms with Gasteiger partial charge in [-0.15, -0.1) is 0 Å². The van der Waals surface area contributed by atoms with Crippen molar-refractivity contribution in [2.75, 3.05) is 19.6 Å². The van der Waals surface area contributed by atoms with Gasteiger partial charge in [0, 0.05) is 32.2 Å². The average molecular weight is 371 g/mol. The Kier molecular flexibility index (Phi) is 5.90. The van der Waals surface area contributed by atoms with Crippen LogP contribution in [0.5, 0.6) is 0 Å². The zero-order valence-electron chi connectivity index (χ0n) is 17.0. The summed E-state index contributed by atoms with van der Waals surface area (Å²) < 4.78 is 0. The summed E-state index contributed by atoms with van der Waals surface area (Å²) in [5, 5.41) is 3.68. The first-order valence-corrected chi connectivity index (χ1v) is 10.3. The molecule has 2 heteroatoms. The van der Waals surface area contributed by atoms with E-state index < -0.39 is 0 Å². The first-order valence-electron chi connectivity index (χ1n) is 10.3. The van der Waals surface area contributed by atoms with Gasteiger partial charge in [-0.3, -0.25) is 4.90 Å². The van der Waals surface area contributed by atoms with Gasteiger partial charge in [0.2, 0.25) is 0 Å². The van der Waals surface area contributed by atoms with Gasteiger partial charge in [-0.2, -0.15) is 0 Å². The van der Waals surface area contributed by atoms with Gasteiger partial charge in [-0.05, 0) is 48.1 Å². The molecule has 1 N–H and O–H groups in total. The molecule has 2 nitrogen and oxygen atoms in total. The fraction of sp³-hybridized carbons (Fsp3) is 0.308. The van der Waals surface area contributed by atoms with E-state index in [0.717, 1.165) is 32.6 Å². The van der Waals surface area contributed by atoms with E-state index in [0.29, 0.717) is 6.04 Å². The standard InChI is InChI=1S/C26H30N2/c1-20-8-9-21(2)26(16-20)24-12-10-23(11-13-24)18-28-15-14-27-25(19-28)17-22-6-4-3-5-7-22/h3-13,16,25,27H,14-15,17-19H2,1-2H3/t25-/m0/s1. The summed E-state index contributed by atoms with van der Waals surface area (Å²) in [6.07, 6.45) is 1.10. The lowest BCUT2D eigenvalue weighted by Gasteiger charge is -2.34. The maximum Gasteiger partial charge on any atom is 0.0236 e. The highest BCUT2D eigenvalue weighted by atomic mass is 15.2. The second-order valence-electron chi connectivity index (χ2n) is 8.09. The SMILES string of the molecule is Cc1ccc(C)c(-c2ccc(CN3CCN[C@@H](Cc4ccccc4)C3)cc2)c1. The fourth-order valence-corrected chi connectivity index (χ4v) is 4.17. The van der Waals surface area contributed by atoms with Crippen LogP contribution >= 0.6 is 0 Å². The molecule has 1 aliphatic rings. The molecule has 3 aromatic carbocycles. The molecule has 28 heavy (non-hydrogen) atoms. The second kappa shape index (κ2) is 8.72. The van der Waals surface area contributed by atoms with Crippen LogP contribution < -0.4 is 5.32 Å². The van der Waals surface area contributed by atoms with E-state index in [9.17, 15) is 0 Å². The zero-order chi connectivity index (χ0) is 19.3. The predicted molar refractivity (Wildman–Crippen MR) is 119 cm³/mol. The quantitative estimate of drug-likeness (QED) is 0.681. The minimum Gasteiger partial charge on any atom is -0.311 e. The van der Waals surface area contributed by atoms with Crippen molar-refractivity contribution >= 4 is 0 Å². The first-order chi connectivity index (χ1) is 13.7. The molecule has 1 saturated heterocycles. The Morgan fingerprint density at radius 1 is 0.893 bits per heavy atom. The van der Waals surface area contributed by atoms with Gasteiger partial charge in [0.1, 0.15) is 0 Å². The summed E-state index contributed by atoms with van der Waals surface area (Å²) in [4.78, 5) is 2.58. The van der Waals surface area contributed by atoms with Crippen LogP contribution in [-0.4, -0.2) is 30.6 Å². The Bertz CT molecular complexity index is 899. The van der Waals surface area contributed by atoms with E-state index >= 15 is 0 Å². The molecular formula is C26H30N2. The van der Waals surface area contributed by atoms with Crippen LogP contribution in [0.2, 0.25) is 0 Å². The molecule has 0 bridgehead atoms. The molecule has 0 amide bonds. The molecule has 0 spiro atoms. The highest BCUT2D eigenvalue weighted by Gasteiger charge is 2.19. The Morgan fingerprint density at radius 3 is 2.46 bits per heavy atom. The van der Waals surface area contributed by atoms with Gasteiger partial charge in [0.25, 0.3) is 0 Å². The average Bonchev–Trinajstić information content (AvgIpc) is 2.72. The molecule has 1 fully saturated rings. The van der Waals surface area contributed by atoms with Gasteiger partial charge in [0.15, 0.2) is 0 Å². The molecule has 0 unspecified atom stereocenters. The molecule has 1 aliphatic heterocycles. The molecule has 3 aromatic rings. The van der Waals surface area contributed by atoms with E-state index in [-0.39, 0.29) is 0 Å². The van der Waals surface area contributed by atoms with Crippen molar-refractivity contribution < 1.29 is 0 Å². The summed E-state index contributed by atoms with van der Waals surface area (Å²) >= 11 is 0. The summed E-state index contributed by atoms with van der Waals surface area (Å²) in [5.74, 6) is 0. The number of hydrogen-bond donors (Lipinski definition) is 1. The first kappa shape index (κ1) is 18.9. The maximum absolute atomic E-state index is 3.68. The number of nitrogens with one attached hydrogen (secondary N) is 1. The highest BCUT2D eigenvalue weighted by Crippen LogP contribution is 2.25. The summed E-state index contributed by atoms with van der Waals surface area (Å²) in [6.45, 7) is 8.67. The van der Waals surface area contributed by atoms with Gasteiger partial charge >= 0.3 is 0 Å². The van der Waals surface area contributed by atoms with E-state index in [4.69, 9.17) is 0 Å². The van der Waals surface area contributed by atoms with Crippen LogP contribution in [0.1, 0.15) is 22.3 Å². The number of hydrogen-bond acceptors (Lipinski definition) is 2. The lowest BCUT2D eigenvalue weighted by Crippen LogP contribution is -2.51. The molecule has 0 aromatic heterocycles. The molecule has 144 valence electrons. The normalized spacial score (nSPS) is 17.6. The smallest absolute Gasteiger partial charge is 0.0236 e. The van der Waals surface area contributed by atoms with Crippen molar-refractivity contribution in [3.05, 3.63) is 95.1 Å². The summed E-state index contributed by atoms with van der Waals surface area (Å²) in [5.41, 5.74) is 8.12. The topological polar surface area (TPSA) is 15.3 Å². The molecule has 0 saturated carbocycles. The Hall–Kier alpha value is -2.42. The van der Waals surface area contributed by atoms with Crippen molar-refractivity contribution in [3.8, 4) is 11.1 Å². The predicted octanol–water partition coefficient (Wildman–Crippen LogP) is 4.99. The Morgan fingerprint density at radius 2 is 1.68 bits per heavy atom. The monoisotopic (exact) mass is 370 g/mol. The third-order valence-electron chi connectivity index (χ3n) is 5.73. The van der Waals surface area contributed by atoms with E-state index in [2.05, 4.69) is 96.9 Å². The van der Waals surface area contributed by atoms with E-state index in [1.54, 1.807) is 0 Å². The molecule has 4 rings (SSSR count). The lowest BCUT2D eigenvalue weighted by atomic mass is 9.97. The van der Waals surface area contributed by atoms with Crippen LogP contribution in [0.4, 0.5) is 0 Å². The minimum absolute atomic E-state index is 0.533. The van der Waals surface area contributed by atoms with E-state index in [1.165, 1.54) is 33.4 Å². The summed E-state index contributed by atoms with van der Waals surface area (Å²) in [6, 6.07) is 27.2. The molecule has 0 aliphatic carbocycles. The third-order valence-corrected chi connectivity index (χ3v) is 5.73. The van der Waals surface area contributed by atoms with Crippen LogP contribution in [0.15, 0.2) is 72.8 Å². The highest BCUT2D eigenvalue weighted by molar-refractivity contribution is 5.68. The van der Waals surface area contributed by atoms with Crippen LogP contribution in [0, 0.1) is 13.8 Å². The van der Waals surface area contributed by atoms with Crippen LogP contribution in [-0.2, 0) is 13.0 Å². The van der Waals surface area contributed by atoms with Crippen molar-refractivity contribution in [3.63, 3.8) is 0 Å². The molecule has 1 atom stereocenters. The number of benzene rings is 3. The van der Waals surface area contributed by atoms with Crippen molar-refractivity contribution in [2.45, 2.75) is 32.9 Å². The van der Waals surface area contributed by atoms with Gasteiger partial charge in [-0.25, -0.2) is 0 Å². The van der Waals surface area contributed by atoms with Crippen molar-refractivity contribution in [1.29, 1.82) is 0 Å². The number of aryl methyl sites for hydroxylation is 2. The largest absolute Gasteiger partial charge is 0.311 e. The minimum atomic E-state index is 0.533. The van der Waals surface area contributed by atoms with Crippen molar-refractivity contribution in [1.82, 2.24) is 10.2 Å². The third kappa shape index (κ3) is 4.70. The Balaban J connectivity index is 1.39. The number of piperazine rings is 1. The van der Waals surface area contributed by atoms with Crippen LogP contribution in [0.25, 0.3) is 11.1 Å². The zero-order valence-corrected chi connectivity index (χ0v) is 17.0. The fourth-order valence-electron chi connectivity index (χ4n) is 4.17. The summed E-state index contributed by atoms with van der Waals surface area (Å²) in [7, 11) is 0. The van der Waals surface area contributed by atoms with Gasteiger partial charge < -0.3 is 5.32 Å². The van der Waals surface area contributed by atoms with Crippen LogP contribution in [0.3, 0.4) is 0 Å². The van der Waals surface area contributed by atoms with E-state index in [1.807, 2.05) is 0 Å². The Labute approximate surface area is 169 Å². The van der Waals surface area contributed by atoms with Gasteiger partial charge in [-0.1, -0.05) is 78.4 Å². The second-order valence-corrected chi connectivity index (χ2v) is 8.09. The molecular weight excluding hydrogens is 340 g/mol. The molecule has 1 heterocycles. The van der Waals surface area contributed by atoms with Crippen molar-refractivity contribution in [2.24, 2.45) is 0 Å². The lowest BCUT2D eigenvalue weighted by molar-refractivity contribution is 0.192. The number of rotatable bonds is 5.